The van der Waals surface area contributed by atoms with Gasteiger partial charge in [0.15, 0.2) is 17.3 Å². The van der Waals surface area contributed by atoms with Crippen molar-refractivity contribution in [2.75, 3.05) is 13.7 Å². The molecule has 0 fully saturated rings. The second kappa shape index (κ2) is 10.1. The molecule has 1 atom stereocenters. The fourth-order valence-corrected chi connectivity index (χ4v) is 1.74. The Balaban J connectivity index is 0.00000441. The van der Waals surface area contributed by atoms with Gasteiger partial charge in [-0.1, -0.05) is 0 Å². The molecule has 5 nitrogen and oxygen atoms in total. The molecular formula is C15H22ClFN2O3. The fraction of sp³-hybridized carbons (Fsp3) is 0.467. The molecule has 1 aromatic carbocycles. The van der Waals surface area contributed by atoms with Crippen LogP contribution in [0.3, 0.4) is 0 Å². The molecule has 22 heavy (non-hydrogen) atoms. The molecule has 0 heterocycles. The van der Waals surface area contributed by atoms with Crippen LogP contribution in [-0.2, 0) is 4.79 Å². The third kappa shape index (κ3) is 6.87. The molecule has 0 aliphatic heterocycles. The maximum absolute atomic E-state index is 13.5. The zero-order valence-electron chi connectivity index (χ0n) is 12.7. The second-order valence-electron chi connectivity index (χ2n) is 4.89. The van der Waals surface area contributed by atoms with Gasteiger partial charge in [-0.3, -0.25) is 9.59 Å². The summed E-state index contributed by atoms with van der Waals surface area (Å²) < 4.78 is 18.3. The van der Waals surface area contributed by atoms with E-state index < -0.39 is 5.82 Å². The lowest BCUT2D eigenvalue weighted by atomic mass is 10.1. The van der Waals surface area contributed by atoms with E-state index in [4.69, 9.17) is 10.5 Å². The second-order valence-corrected chi connectivity index (χ2v) is 4.89. The molecule has 1 rings (SSSR count). The molecule has 0 aliphatic rings. The molecule has 0 bridgehead atoms. The summed E-state index contributed by atoms with van der Waals surface area (Å²) in [6.45, 7) is 2.34. The number of methoxy groups -OCH3 is 1. The Morgan fingerprint density at radius 3 is 2.59 bits per heavy atom. The maximum Gasteiger partial charge on any atom is 0.220 e. The normalized spacial score (nSPS) is 11.3. The molecule has 7 heteroatoms. The minimum absolute atomic E-state index is 0. The van der Waals surface area contributed by atoms with Gasteiger partial charge in [-0.05, 0) is 31.5 Å². The number of nitrogens with two attached hydrogens (primary N) is 1. The predicted molar refractivity (Wildman–Crippen MR) is 85.0 cm³/mol. The summed E-state index contributed by atoms with van der Waals surface area (Å²) in [6, 6.07) is 4.02. The van der Waals surface area contributed by atoms with E-state index in [1.54, 1.807) is 0 Å². The highest BCUT2D eigenvalue weighted by Gasteiger charge is 2.12. The van der Waals surface area contributed by atoms with Crippen molar-refractivity contribution in [2.45, 2.75) is 32.2 Å². The van der Waals surface area contributed by atoms with Crippen molar-refractivity contribution in [3.63, 3.8) is 0 Å². The van der Waals surface area contributed by atoms with E-state index in [1.807, 2.05) is 6.92 Å². The molecule has 0 saturated carbocycles. The zero-order valence-corrected chi connectivity index (χ0v) is 13.5. The predicted octanol–water partition coefficient (Wildman–Crippen LogP) is 2.07. The van der Waals surface area contributed by atoms with Crippen LogP contribution < -0.4 is 15.8 Å². The average Bonchev–Trinajstić information content (AvgIpc) is 2.44. The summed E-state index contributed by atoms with van der Waals surface area (Å²) in [5.74, 6) is -0.998. The topological polar surface area (TPSA) is 81.4 Å². The highest BCUT2D eigenvalue weighted by molar-refractivity contribution is 5.98. The number of amides is 1. The SMILES string of the molecule is COc1ccc(C(=O)CCC(=O)NCCC(C)N)cc1F.Cl. The molecule has 1 amide bonds. The number of ketones is 1. The van der Waals surface area contributed by atoms with Gasteiger partial charge >= 0.3 is 0 Å². The minimum Gasteiger partial charge on any atom is -0.494 e. The van der Waals surface area contributed by atoms with Crippen LogP contribution in [-0.4, -0.2) is 31.4 Å². The summed E-state index contributed by atoms with van der Waals surface area (Å²) >= 11 is 0. The van der Waals surface area contributed by atoms with Crippen LogP contribution in [0.5, 0.6) is 5.75 Å². The first-order valence-corrected chi connectivity index (χ1v) is 6.83. The molecule has 0 radical (unpaired) electrons. The maximum atomic E-state index is 13.5. The summed E-state index contributed by atoms with van der Waals surface area (Å²) in [6.07, 6.45) is 0.796. The van der Waals surface area contributed by atoms with Crippen LogP contribution in [0.1, 0.15) is 36.5 Å². The van der Waals surface area contributed by atoms with Gasteiger partial charge in [0, 0.05) is 31.0 Å². The molecule has 3 N–H and O–H groups in total. The summed E-state index contributed by atoms with van der Waals surface area (Å²) in [5.41, 5.74) is 5.80. The Labute approximate surface area is 135 Å². The summed E-state index contributed by atoms with van der Waals surface area (Å²) in [7, 11) is 1.35. The lowest BCUT2D eigenvalue weighted by Gasteiger charge is -2.07. The molecule has 1 unspecified atom stereocenters. The van der Waals surface area contributed by atoms with Gasteiger partial charge in [0.25, 0.3) is 0 Å². The van der Waals surface area contributed by atoms with Crippen LogP contribution in [0.2, 0.25) is 0 Å². The Morgan fingerprint density at radius 1 is 1.36 bits per heavy atom. The van der Waals surface area contributed by atoms with E-state index >= 15 is 0 Å². The van der Waals surface area contributed by atoms with E-state index in [9.17, 15) is 14.0 Å². The number of Topliss-reactive ketones (excluding diaryl/α,β-unsaturated/α-hetero) is 1. The largest absolute Gasteiger partial charge is 0.494 e. The van der Waals surface area contributed by atoms with Crippen molar-refractivity contribution >= 4 is 24.1 Å². The standard InChI is InChI=1S/C15H21FN2O3.ClH/c1-10(17)7-8-18-15(20)6-4-13(19)11-3-5-14(21-2)12(16)9-11;/h3,5,9-10H,4,6-8,17H2,1-2H3,(H,18,20);1H. The van der Waals surface area contributed by atoms with Gasteiger partial charge in [0.2, 0.25) is 5.91 Å². The van der Waals surface area contributed by atoms with Crippen molar-refractivity contribution in [2.24, 2.45) is 5.73 Å². The average molecular weight is 333 g/mol. The number of halogens is 2. The smallest absolute Gasteiger partial charge is 0.220 e. The van der Waals surface area contributed by atoms with Gasteiger partial charge in [-0.15, -0.1) is 12.4 Å². The molecule has 0 aliphatic carbocycles. The van der Waals surface area contributed by atoms with Crippen LogP contribution in [0.25, 0.3) is 0 Å². The Hall–Kier alpha value is -1.66. The quantitative estimate of drug-likeness (QED) is 0.714. The molecule has 1 aromatic rings. The summed E-state index contributed by atoms with van der Waals surface area (Å²) in [4.78, 5) is 23.4. The fourth-order valence-electron chi connectivity index (χ4n) is 1.74. The van der Waals surface area contributed by atoms with Crippen molar-refractivity contribution in [1.29, 1.82) is 0 Å². The van der Waals surface area contributed by atoms with Crippen molar-refractivity contribution in [3.05, 3.63) is 29.6 Å². The van der Waals surface area contributed by atoms with E-state index in [-0.39, 0.29) is 54.3 Å². The van der Waals surface area contributed by atoms with Crippen LogP contribution in [0.4, 0.5) is 4.39 Å². The van der Waals surface area contributed by atoms with Crippen molar-refractivity contribution in [3.8, 4) is 5.75 Å². The Kier molecular flexibility index (Phi) is 9.37. The number of carbonyl (C=O) groups is 2. The van der Waals surface area contributed by atoms with Crippen LogP contribution in [0, 0.1) is 5.82 Å². The number of rotatable bonds is 8. The first-order chi connectivity index (χ1) is 9.93. The van der Waals surface area contributed by atoms with Gasteiger partial charge in [0.1, 0.15) is 0 Å². The van der Waals surface area contributed by atoms with Gasteiger partial charge in [0.05, 0.1) is 7.11 Å². The minimum atomic E-state index is -0.593. The number of carbonyl (C=O) groups excluding carboxylic acids is 2. The number of hydrogen-bond donors (Lipinski definition) is 2. The number of benzene rings is 1. The molecule has 0 saturated heterocycles. The lowest BCUT2D eigenvalue weighted by molar-refractivity contribution is -0.121. The molecule has 124 valence electrons. The van der Waals surface area contributed by atoms with Crippen LogP contribution >= 0.6 is 12.4 Å². The monoisotopic (exact) mass is 332 g/mol. The van der Waals surface area contributed by atoms with Crippen molar-refractivity contribution in [1.82, 2.24) is 5.32 Å². The molecule has 0 spiro atoms. The first kappa shape index (κ1) is 20.3. The third-order valence-electron chi connectivity index (χ3n) is 2.97. The lowest BCUT2D eigenvalue weighted by Crippen LogP contribution is -2.29. The van der Waals surface area contributed by atoms with Gasteiger partial charge in [-0.2, -0.15) is 0 Å². The van der Waals surface area contributed by atoms with Gasteiger partial charge in [-0.25, -0.2) is 4.39 Å². The molecular weight excluding hydrogens is 311 g/mol. The highest BCUT2D eigenvalue weighted by Crippen LogP contribution is 2.18. The first-order valence-electron chi connectivity index (χ1n) is 6.83. The number of ether oxygens (including phenoxy) is 1. The molecule has 0 aromatic heterocycles. The highest BCUT2D eigenvalue weighted by atomic mass is 35.5. The third-order valence-corrected chi connectivity index (χ3v) is 2.97. The van der Waals surface area contributed by atoms with E-state index in [2.05, 4.69) is 5.32 Å². The number of nitrogens with one attached hydrogen (secondary N) is 1. The summed E-state index contributed by atoms with van der Waals surface area (Å²) in [5, 5.41) is 2.69. The van der Waals surface area contributed by atoms with Gasteiger partial charge < -0.3 is 15.8 Å². The Morgan fingerprint density at radius 2 is 2.05 bits per heavy atom. The Bertz CT molecular complexity index is 510. The van der Waals surface area contributed by atoms with E-state index in [0.717, 1.165) is 6.07 Å². The zero-order chi connectivity index (χ0) is 15.8. The van der Waals surface area contributed by atoms with E-state index in [1.165, 1.54) is 19.2 Å². The number of hydrogen-bond acceptors (Lipinski definition) is 4. The van der Waals surface area contributed by atoms with Crippen molar-refractivity contribution < 1.29 is 18.7 Å². The van der Waals surface area contributed by atoms with E-state index in [0.29, 0.717) is 13.0 Å². The van der Waals surface area contributed by atoms with Crippen LogP contribution in [0.15, 0.2) is 18.2 Å².